The third-order valence-corrected chi connectivity index (χ3v) is 20.0. The number of nitrogen functional groups attached to an aromatic ring is 1. The molecule has 10 heteroatoms. The lowest BCUT2D eigenvalue weighted by Gasteiger charge is -2.22. The van der Waals surface area contributed by atoms with Gasteiger partial charge >= 0.3 is 0 Å². The molecule has 4 aromatic heterocycles. The van der Waals surface area contributed by atoms with Gasteiger partial charge in [-0.05, 0) is 146 Å². The summed E-state index contributed by atoms with van der Waals surface area (Å²) < 4.78 is 9.12. The number of imidazole rings is 2. The first-order chi connectivity index (χ1) is 49.1. The van der Waals surface area contributed by atoms with Gasteiger partial charge in [-0.1, -0.05) is 262 Å². The number of nitrogens with two attached hydrogens (primary N) is 1. The number of aromatic nitrogens is 6. The molecule has 0 aliphatic heterocycles. The van der Waals surface area contributed by atoms with Crippen molar-refractivity contribution >= 4 is 60.8 Å². The largest absolute Gasteiger partial charge is 0.398 e. The first kappa shape index (κ1) is 70.8. The summed E-state index contributed by atoms with van der Waals surface area (Å²) in [5, 5.41) is 27.1. The van der Waals surface area contributed by atoms with Gasteiger partial charge in [0, 0.05) is 85.8 Å². The number of nitrogens with zero attached hydrogens (tertiary/aromatic N) is 7. The minimum absolute atomic E-state index is 0.336. The summed E-state index contributed by atoms with van der Waals surface area (Å²) in [4.78, 5) is 9.79. The van der Waals surface area contributed by atoms with Gasteiger partial charge in [-0.3, -0.25) is 14.5 Å². The van der Waals surface area contributed by atoms with Crippen molar-refractivity contribution in [1.29, 1.82) is 10.7 Å². The highest BCUT2D eigenvalue weighted by Gasteiger charge is 2.24. The van der Waals surface area contributed by atoms with Crippen LogP contribution in [0.15, 0.2) is 231 Å². The fourth-order valence-electron chi connectivity index (χ4n) is 14.8. The molecule has 0 saturated carbocycles. The van der Waals surface area contributed by atoms with E-state index >= 15 is 0 Å². The van der Waals surface area contributed by atoms with Crippen LogP contribution in [0.5, 0.6) is 0 Å². The fraction of sp³-hybridized carbons (Fsp3) is 0.261. The number of para-hydroxylation sites is 6. The minimum atomic E-state index is 0.336. The van der Waals surface area contributed by atoms with Crippen LogP contribution in [0, 0.1) is 16.7 Å². The standard InChI is InChI=1S/C46H49N5.C34H30N4.C12H19N/c1-28(2)35-17-12-18-36(29(3)4)43(35)49-45(47)32-22-23-40-39-16-9-10-21-41(39)51(42(40)27-32)34-15-11-14-33(26-34)46-48-24-25-50(46)44-37(30(5)6)19-13-20-38(44)31(7)8;1-22(2)27-12-8-13-28(23(3)4)33(27)37-18-17-36-34(37)25-9-7-10-26(20-25)38-31-14-6-5-11-29(31)30-16-15-24(21-35)19-32(30)38;1-8(2)10-6-5-7-11(9(3)4)12(10)13/h9-31H,1-8H3,(H2,47,49);5-20,22-23H,1-4H3;5-9H,13H2,1-4H3. The lowest BCUT2D eigenvalue weighted by atomic mass is 9.92. The van der Waals surface area contributed by atoms with Gasteiger partial charge in [0.2, 0.25) is 0 Å². The van der Waals surface area contributed by atoms with E-state index in [1.807, 2.05) is 24.5 Å². The maximum absolute atomic E-state index is 9.59. The van der Waals surface area contributed by atoms with Crippen LogP contribution in [-0.2, 0) is 0 Å². The van der Waals surface area contributed by atoms with Crippen LogP contribution in [0.2, 0.25) is 0 Å². The molecule has 14 aromatic rings. The summed E-state index contributed by atoms with van der Waals surface area (Å²) in [5.41, 5.74) is 30.9. The lowest BCUT2D eigenvalue weighted by molar-refractivity contribution is 0.806. The van der Waals surface area contributed by atoms with E-state index < -0.39 is 0 Å². The molecule has 0 aliphatic rings. The Morgan fingerprint density at radius 3 is 1.14 bits per heavy atom. The lowest BCUT2D eigenvalue weighted by Crippen LogP contribution is -2.16. The summed E-state index contributed by atoms with van der Waals surface area (Å²) in [6.45, 7) is 35.6. The molecular weight excluding hydrogens is 1250 g/mol. The Morgan fingerprint density at radius 2 is 0.735 bits per heavy atom. The van der Waals surface area contributed by atoms with E-state index in [0.717, 1.165) is 83.9 Å². The van der Waals surface area contributed by atoms with E-state index in [1.165, 1.54) is 66.7 Å². The highest BCUT2D eigenvalue weighted by Crippen LogP contribution is 2.41. The Balaban J connectivity index is 0.000000168. The summed E-state index contributed by atoms with van der Waals surface area (Å²) in [7, 11) is 0. The second kappa shape index (κ2) is 30.0. The van der Waals surface area contributed by atoms with E-state index in [2.05, 4.69) is 347 Å². The molecule has 10 nitrogen and oxygen atoms in total. The van der Waals surface area contributed by atoms with Gasteiger partial charge in [-0.15, -0.1) is 0 Å². The van der Waals surface area contributed by atoms with Crippen LogP contribution in [0.25, 0.3) is 89.1 Å². The molecule has 0 spiro atoms. The number of nitrogens with one attached hydrogen (secondary N) is 2. The summed E-state index contributed by atoms with van der Waals surface area (Å²) >= 11 is 0. The van der Waals surface area contributed by atoms with Crippen molar-refractivity contribution in [1.82, 2.24) is 28.2 Å². The van der Waals surface area contributed by atoms with Crippen molar-refractivity contribution in [3.8, 4) is 51.6 Å². The van der Waals surface area contributed by atoms with E-state index in [1.54, 1.807) is 0 Å². The quantitative estimate of drug-likeness (QED) is 0.0504. The average molecular weight is 1340 g/mol. The first-order valence-electron chi connectivity index (χ1n) is 36.4. The van der Waals surface area contributed by atoms with Gasteiger partial charge in [0.05, 0.1) is 45.1 Å². The van der Waals surface area contributed by atoms with E-state index in [-0.39, 0.29) is 0 Å². The Bertz CT molecular complexity index is 5310. The molecular formula is C92H98N10. The van der Waals surface area contributed by atoms with Crippen LogP contribution < -0.4 is 11.1 Å². The number of hydrogen-bond donors (Lipinski definition) is 3. The summed E-state index contributed by atoms with van der Waals surface area (Å²) in [6, 6.07) is 75.1. The van der Waals surface area contributed by atoms with Crippen molar-refractivity contribution in [2.45, 2.75) is 158 Å². The molecule has 102 heavy (non-hydrogen) atoms. The van der Waals surface area contributed by atoms with Crippen molar-refractivity contribution in [2.24, 2.45) is 0 Å². The molecule has 0 radical (unpaired) electrons. The van der Waals surface area contributed by atoms with E-state index in [9.17, 15) is 10.7 Å². The molecule has 0 fully saturated rings. The zero-order chi connectivity index (χ0) is 72.4. The van der Waals surface area contributed by atoms with Crippen LogP contribution in [-0.4, -0.2) is 34.1 Å². The number of nitriles is 1. The van der Waals surface area contributed by atoms with Crippen molar-refractivity contribution < 1.29 is 0 Å². The normalized spacial score (nSPS) is 11.7. The second-order valence-corrected chi connectivity index (χ2v) is 29.6. The third kappa shape index (κ3) is 13.9. The third-order valence-electron chi connectivity index (χ3n) is 20.0. The number of rotatable bonds is 16. The Labute approximate surface area is 603 Å². The topological polar surface area (TPSA) is 131 Å². The number of amidine groups is 1. The number of anilines is 2. The van der Waals surface area contributed by atoms with Gasteiger partial charge in [0.1, 0.15) is 17.5 Å². The van der Waals surface area contributed by atoms with Crippen LogP contribution in [0.3, 0.4) is 0 Å². The second-order valence-electron chi connectivity index (χ2n) is 29.6. The number of fused-ring (bicyclic) bond motifs is 6. The maximum atomic E-state index is 9.59. The molecule has 0 aliphatic carbocycles. The van der Waals surface area contributed by atoms with Crippen LogP contribution in [0.4, 0.5) is 11.4 Å². The maximum Gasteiger partial charge on any atom is 0.144 e. The van der Waals surface area contributed by atoms with Gasteiger partial charge < -0.3 is 20.2 Å². The molecule has 4 heterocycles. The van der Waals surface area contributed by atoms with Gasteiger partial charge in [0.25, 0.3) is 0 Å². The fourth-order valence-corrected chi connectivity index (χ4v) is 14.8. The summed E-state index contributed by atoms with van der Waals surface area (Å²) in [5.74, 6) is 5.44. The average Bonchev–Trinajstić information content (AvgIpc) is 1.59. The molecule has 0 amide bonds. The number of benzene rings is 10. The van der Waals surface area contributed by atoms with Gasteiger partial charge in [-0.25, -0.2) is 9.97 Å². The molecule has 0 saturated heterocycles. The zero-order valence-corrected chi connectivity index (χ0v) is 62.3. The SMILES string of the molecule is CC(C)c1cccc(C(C)C)c1-n1ccnc1-c1cccc(-n2c3ccccc3c3ccc(C#N)cc32)c1.CC(C)c1cccc(C(C)C)c1N.CC(C)c1cccc(C(C)C)c1NC(=N)c1ccc2c3ccccc3n(-c3cccc(-c4nccn4-c4c(C(C)C)cccc4C(C)C)c3)c2c1. The molecule has 14 rings (SSSR count). The predicted octanol–water partition coefficient (Wildman–Crippen LogP) is 24.8. The highest BCUT2D eigenvalue weighted by atomic mass is 15.1. The molecule has 0 unspecified atom stereocenters. The Hall–Kier alpha value is -11.0. The van der Waals surface area contributed by atoms with Crippen LogP contribution >= 0.6 is 0 Å². The molecule has 0 atom stereocenters. The van der Waals surface area contributed by atoms with E-state index in [4.69, 9.17) is 15.7 Å². The first-order valence-corrected chi connectivity index (χ1v) is 36.4. The molecule has 0 bridgehead atoms. The Morgan fingerprint density at radius 1 is 0.382 bits per heavy atom. The smallest absolute Gasteiger partial charge is 0.144 e. The van der Waals surface area contributed by atoms with Crippen LogP contribution in [0.1, 0.15) is 214 Å². The predicted molar refractivity (Wildman–Crippen MR) is 432 cm³/mol. The van der Waals surface area contributed by atoms with Crippen molar-refractivity contribution in [3.05, 3.63) is 287 Å². The zero-order valence-electron chi connectivity index (χ0n) is 62.3. The van der Waals surface area contributed by atoms with Crippen molar-refractivity contribution in [2.75, 3.05) is 11.1 Å². The summed E-state index contributed by atoms with van der Waals surface area (Å²) in [6.07, 6.45) is 7.98. The van der Waals surface area contributed by atoms with Gasteiger partial charge in [0.15, 0.2) is 0 Å². The minimum Gasteiger partial charge on any atom is -0.398 e. The highest BCUT2D eigenvalue weighted by molar-refractivity contribution is 6.14. The van der Waals surface area contributed by atoms with Crippen molar-refractivity contribution in [3.63, 3.8) is 0 Å². The van der Waals surface area contributed by atoms with E-state index in [0.29, 0.717) is 58.7 Å². The Kier molecular flexibility index (Phi) is 20.9. The number of hydrogen-bond acceptors (Lipinski definition) is 5. The molecule has 10 aromatic carbocycles. The molecule has 516 valence electrons. The molecule has 4 N–H and O–H groups in total. The monoisotopic (exact) mass is 1340 g/mol. The van der Waals surface area contributed by atoms with Gasteiger partial charge in [-0.2, -0.15) is 5.26 Å².